The van der Waals surface area contributed by atoms with E-state index in [4.69, 9.17) is 4.74 Å². The summed E-state index contributed by atoms with van der Waals surface area (Å²) in [6.45, 7) is 0.103. The van der Waals surface area contributed by atoms with Crippen molar-refractivity contribution in [1.29, 1.82) is 0 Å². The summed E-state index contributed by atoms with van der Waals surface area (Å²) in [7, 11) is 0. The number of aromatic nitrogens is 1. The Morgan fingerprint density at radius 3 is 3.00 bits per heavy atom. The second-order valence-corrected chi connectivity index (χ2v) is 4.53. The zero-order valence-corrected chi connectivity index (χ0v) is 10.2. The monoisotopic (exact) mass is 295 g/mol. The van der Waals surface area contributed by atoms with Crippen LogP contribution in [0, 0.1) is 5.82 Å². The zero-order chi connectivity index (χ0) is 12.0. The molecule has 0 atom stereocenters. The minimum Gasteiger partial charge on any atom is -0.505 e. The molecule has 1 aliphatic rings. The summed E-state index contributed by atoms with van der Waals surface area (Å²) in [5.74, 6) is -0.365. The molecule has 0 radical (unpaired) electrons. The first-order valence-corrected chi connectivity index (χ1v) is 5.75. The van der Waals surface area contributed by atoms with Gasteiger partial charge in [-0.3, -0.25) is 0 Å². The van der Waals surface area contributed by atoms with Crippen LogP contribution in [0.3, 0.4) is 0 Å². The van der Waals surface area contributed by atoms with E-state index in [0.717, 1.165) is 11.1 Å². The van der Waals surface area contributed by atoms with Crippen LogP contribution in [0.2, 0.25) is 0 Å². The number of hydrogen-bond donors (Lipinski definition) is 1. The molecule has 2 aromatic rings. The van der Waals surface area contributed by atoms with Crippen LogP contribution in [0.25, 0.3) is 11.1 Å². The molecule has 17 heavy (non-hydrogen) atoms. The first kappa shape index (κ1) is 10.5. The maximum absolute atomic E-state index is 13.7. The third kappa shape index (κ3) is 1.58. The van der Waals surface area contributed by atoms with Gasteiger partial charge in [0.25, 0.3) is 0 Å². The Bertz CT molecular complexity index is 616. The number of pyridine rings is 1. The number of nitrogens with zero attached hydrogens (tertiary/aromatic N) is 1. The van der Waals surface area contributed by atoms with Crippen LogP contribution < -0.4 is 4.74 Å². The summed E-state index contributed by atoms with van der Waals surface area (Å²) in [5.41, 5.74) is 1.87. The Labute approximate surface area is 105 Å². The van der Waals surface area contributed by atoms with Gasteiger partial charge in [0.15, 0.2) is 11.6 Å². The van der Waals surface area contributed by atoms with Crippen molar-refractivity contribution in [3.8, 4) is 22.6 Å². The lowest BCUT2D eigenvalue weighted by Crippen LogP contribution is -2.08. The van der Waals surface area contributed by atoms with Gasteiger partial charge in [-0.05, 0) is 39.7 Å². The molecule has 0 bridgehead atoms. The van der Waals surface area contributed by atoms with Crippen molar-refractivity contribution in [2.75, 3.05) is 0 Å². The number of aromatic hydroxyl groups is 1. The van der Waals surface area contributed by atoms with E-state index in [9.17, 15) is 9.50 Å². The molecule has 5 heteroatoms. The molecule has 0 spiro atoms. The predicted octanol–water partition coefficient (Wildman–Crippen LogP) is 3.25. The second-order valence-electron chi connectivity index (χ2n) is 3.72. The summed E-state index contributed by atoms with van der Waals surface area (Å²) in [5, 5.41) is 9.33. The van der Waals surface area contributed by atoms with Gasteiger partial charge in [0.1, 0.15) is 17.0 Å². The van der Waals surface area contributed by atoms with Gasteiger partial charge in [-0.2, -0.15) is 0 Å². The largest absolute Gasteiger partial charge is 0.505 e. The van der Waals surface area contributed by atoms with Crippen LogP contribution in [0.5, 0.6) is 11.5 Å². The maximum atomic E-state index is 13.7. The number of hydrogen-bond acceptors (Lipinski definition) is 3. The fourth-order valence-corrected chi connectivity index (χ4v) is 2.23. The van der Waals surface area contributed by atoms with E-state index < -0.39 is 5.82 Å². The Morgan fingerprint density at radius 2 is 2.18 bits per heavy atom. The maximum Gasteiger partial charge on any atom is 0.172 e. The fourth-order valence-electron chi connectivity index (χ4n) is 1.90. The van der Waals surface area contributed by atoms with Crippen molar-refractivity contribution in [2.45, 2.75) is 6.61 Å². The molecule has 1 aromatic carbocycles. The number of fused-ring (bicyclic) bond motifs is 3. The molecule has 0 saturated carbocycles. The smallest absolute Gasteiger partial charge is 0.172 e. The van der Waals surface area contributed by atoms with E-state index in [2.05, 4.69) is 20.9 Å². The van der Waals surface area contributed by atoms with E-state index in [1.165, 1.54) is 6.07 Å². The molecule has 86 valence electrons. The van der Waals surface area contributed by atoms with Crippen LogP contribution in [0.1, 0.15) is 5.56 Å². The molecule has 1 aliphatic heterocycles. The average Bonchev–Trinajstić information content (AvgIpc) is 2.33. The van der Waals surface area contributed by atoms with Crippen molar-refractivity contribution in [3.63, 3.8) is 0 Å². The van der Waals surface area contributed by atoms with Crippen molar-refractivity contribution in [2.24, 2.45) is 0 Å². The first-order chi connectivity index (χ1) is 8.16. The van der Waals surface area contributed by atoms with Crippen molar-refractivity contribution in [1.82, 2.24) is 4.98 Å². The van der Waals surface area contributed by atoms with Crippen molar-refractivity contribution >= 4 is 15.9 Å². The van der Waals surface area contributed by atoms with E-state index >= 15 is 0 Å². The van der Waals surface area contributed by atoms with Crippen LogP contribution >= 0.6 is 15.9 Å². The number of halogens is 2. The Morgan fingerprint density at radius 1 is 1.35 bits per heavy atom. The summed E-state index contributed by atoms with van der Waals surface area (Å²) >= 11 is 3.27. The minimum absolute atomic E-state index is 0.103. The molecular formula is C12H7BrFNO2. The topological polar surface area (TPSA) is 42.4 Å². The highest BCUT2D eigenvalue weighted by Gasteiger charge is 2.22. The van der Waals surface area contributed by atoms with Gasteiger partial charge in [0.05, 0.1) is 6.20 Å². The van der Waals surface area contributed by atoms with Gasteiger partial charge >= 0.3 is 0 Å². The molecule has 2 heterocycles. The summed E-state index contributed by atoms with van der Waals surface area (Å²) in [4.78, 5) is 4.05. The van der Waals surface area contributed by atoms with E-state index in [1.54, 1.807) is 18.3 Å². The van der Waals surface area contributed by atoms with E-state index in [-0.39, 0.29) is 12.4 Å². The lowest BCUT2D eigenvalue weighted by molar-refractivity contribution is 0.291. The highest BCUT2D eigenvalue weighted by molar-refractivity contribution is 9.10. The predicted molar refractivity (Wildman–Crippen MR) is 63.3 cm³/mol. The van der Waals surface area contributed by atoms with E-state index in [1.807, 2.05) is 0 Å². The Kier molecular flexibility index (Phi) is 2.29. The number of rotatable bonds is 0. The highest BCUT2D eigenvalue weighted by Crippen LogP contribution is 2.40. The van der Waals surface area contributed by atoms with Crippen LogP contribution in [-0.4, -0.2) is 10.1 Å². The molecule has 0 fully saturated rings. The third-order valence-electron chi connectivity index (χ3n) is 2.72. The summed E-state index contributed by atoms with van der Waals surface area (Å²) in [6.07, 6.45) is 1.59. The van der Waals surface area contributed by atoms with Crippen molar-refractivity contribution in [3.05, 3.63) is 40.4 Å². The Hall–Kier alpha value is -1.62. The first-order valence-electron chi connectivity index (χ1n) is 4.96. The van der Waals surface area contributed by atoms with Gasteiger partial charge in [0.2, 0.25) is 0 Å². The standard InChI is InChI=1S/C12H7BrFNO2/c13-11-3-7-6-1-2-9(16)12(14)8(6)5-17-10(7)4-15-11/h1-4,16H,5H2. The van der Waals surface area contributed by atoms with E-state index in [0.29, 0.717) is 15.9 Å². The summed E-state index contributed by atoms with van der Waals surface area (Å²) in [6, 6.07) is 4.79. The molecule has 1 aromatic heterocycles. The minimum atomic E-state index is -0.624. The number of benzene rings is 1. The van der Waals surface area contributed by atoms with Crippen LogP contribution in [-0.2, 0) is 6.61 Å². The van der Waals surface area contributed by atoms with Gasteiger partial charge in [-0.1, -0.05) is 0 Å². The fraction of sp³-hybridized carbons (Fsp3) is 0.0833. The zero-order valence-electron chi connectivity index (χ0n) is 8.58. The number of ether oxygens (including phenoxy) is 1. The molecule has 0 amide bonds. The highest BCUT2D eigenvalue weighted by atomic mass is 79.9. The average molecular weight is 296 g/mol. The second kappa shape index (κ2) is 3.70. The van der Waals surface area contributed by atoms with Crippen molar-refractivity contribution < 1.29 is 14.2 Å². The molecule has 3 rings (SSSR count). The molecule has 0 saturated heterocycles. The molecule has 3 nitrogen and oxygen atoms in total. The third-order valence-corrected chi connectivity index (χ3v) is 3.15. The molecule has 0 unspecified atom stereocenters. The van der Waals surface area contributed by atoms with Gasteiger partial charge in [0, 0.05) is 11.1 Å². The SMILES string of the molecule is Oc1ccc2c(c1F)COc1cnc(Br)cc1-2. The lowest BCUT2D eigenvalue weighted by Gasteiger charge is -2.21. The Balaban J connectivity index is 2.29. The molecular weight excluding hydrogens is 289 g/mol. The van der Waals surface area contributed by atoms with Gasteiger partial charge in [-0.25, -0.2) is 9.37 Å². The number of phenolic OH excluding ortho intramolecular Hbond substituents is 1. The van der Waals surface area contributed by atoms with Crippen LogP contribution in [0.15, 0.2) is 29.0 Å². The van der Waals surface area contributed by atoms with Gasteiger partial charge in [-0.15, -0.1) is 0 Å². The lowest BCUT2D eigenvalue weighted by atomic mass is 9.97. The summed E-state index contributed by atoms with van der Waals surface area (Å²) < 4.78 is 19.8. The normalized spacial score (nSPS) is 12.6. The molecule has 0 aliphatic carbocycles. The quantitative estimate of drug-likeness (QED) is 0.759. The van der Waals surface area contributed by atoms with Gasteiger partial charge < -0.3 is 9.84 Å². The van der Waals surface area contributed by atoms with Crippen LogP contribution in [0.4, 0.5) is 4.39 Å². The molecule has 1 N–H and O–H groups in total. The number of phenols is 1.